The summed E-state index contributed by atoms with van der Waals surface area (Å²) in [6.07, 6.45) is 1.72. The summed E-state index contributed by atoms with van der Waals surface area (Å²) in [4.78, 5) is 28.8. The van der Waals surface area contributed by atoms with Crippen LogP contribution in [0.1, 0.15) is 15.5 Å². The van der Waals surface area contributed by atoms with E-state index in [-0.39, 0.29) is 5.91 Å². The lowest BCUT2D eigenvalue weighted by molar-refractivity contribution is 0.0984. The summed E-state index contributed by atoms with van der Waals surface area (Å²) in [6.45, 7) is 0.312. The van der Waals surface area contributed by atoms with Crippen LogP contribution in [0.4, 0.5) is 5.13 Å². The minimum atomic E-state index is -0.187. The van der Waals surface area contributed by atoms with Crippen molar-refractivity contribution in [3.05, 3.63) is 77.6 Å². The van der Waals surface area contributed by atoms with Crippen LogP contribution in [0.15, 0.2) is 66.9 Å². The Balaban J connectivity index is 1.58. The third kappa shape index (κ3) is 3.51. The maximum Gasteiger partial charge on any atom is 0.289 e. The number of rotatable bonds is 5. The summed E-state index contributed by atoms with van der Waals surface area (Å²) in [5.74, 6) is 0.543. The van der Waals surface area contributed by atoms with Crippen molar-refractivity contribution in [1.82, 2.24) is 15.0 Å². The Kier molecular flexibility index (Phi) is 4.86. The number of anilines is 1. The lowest BCUT2D eigenvalue weighted by Crippen LogP contribution is -2.30. The number of ether oxygens (including phenoxy) is 1. The van der Waals surface area contributed by atoms with Crippen LogP contribution >= 0.6 is 22.7 Å². The highest BCUT2D eigenvalue weighted by Crippen LogP contribution is 2.33. The number of amides is 1. The van der Waals surface area contributed by atoms with Gasteiger partial charge in [-0.2, -0.15) is 0 Å². The first-order chi connectivity index (χ1) is 14.7. The molecule has 148 valence electrons. The van der Waals surface area contributed by atoms with Crippen LogP contribution < -0.4 is 9.64 Å². The minimum Gasteiger partial charge on any atom is -0.497 e. The van der Waals surface area contributed by atoms with Crippen molar-refractivity contribution in [2.75, 3.05) is 12.0 Å². The monoisotopic (exact) mass is 432 g/mol. The molecule has 5 aromatic rings. The van der Waals surface area contributed by atoms with E-state index >= 15 is 0 Å². The summed E-state index contributed by atoms with van der Waals surface area (Å²) in [5.41, 5.74) is 2.39. The number of hydrogen-bond donors (Lipinski definition) is 0. The number of methoxy groups -OCH3 is 1. The van der Waals surface area contributed by atoms with Crippen molar-refractivity contribution in [3.63, 3.8) is 0 Å². The molecule has 0 aliphatic carbocycles. The largest absolute Gasteiger partial charge is 0.497 e. The number of carbonyl (C=O) groups excluding carboxylic acids is 1. The van der Waals surface area contributed by atoms with Gasteiger partial charge in [0.2, 0.25) is 0 Å². The van der Waals surface area contributed by atoms with E-state index in [0.717, 1.165) is 31.9 Å². The van der Waals surface area contributed by atoms with E-state index in [2.05, 4.69) is 9.97 Å². The topological polar surface area (TPSA) is 68.2 Å². The predicted molar refractivity (Wildman–Crippen MR) is 121 cm³/mol. The van der Waals surface area contributed by atoms with E-state index in [9.17, 15) is 4.79 Å². The molecule has 0 aliphatic heterocycles. The van der Waals surface area contributed by atoms with Crippen molar-refractivity contribution in [2.45, 2.75) is 6.54 Å². The Labute approximate surface area is 180 Å². The molecule has 30 heavy (non-hydrogen) atoms. The highest BCUT2D eigenvalue weighted by molar-refractivity contribution is 7.22. The van der Waals surface area contributed by atoms with Crippen molar-refractivity contribution < 1.29 is 9.53 Å². The molecule has 0 aliphatic rings. The molecule has 0 radical (unpaired) electrons. The first kappa shape index (κ1) is 18.7. The molecule has 5 rings (SSSR count). The zero-order valence-electron chi connectivity index (χ0n) is 16.0. The van der Waals surface area contributed by atoms with E-state index < -0.39 is 0 Å². The van der Waals surface area contributed by atoms with Crippen molar-refractivity contribution in [1.29, 1.82) is 0 Å². The van der Waals surface area contributed by atoms with Gasteiger partial charge < -0.3 is 4.74 Å². The third-order valence-electron chi connectivity index (χ3n) is 4.58. The van der Waals surface area contributed by atoms with Gasteiger partial charge in [0.15, 0.2) is 10.1 Å². The molecule has 0 unspecified atom stereocenters. The molecule has 0 fully saturated rings. The molecule has 0 saturated carbocycles. The number of pyridine rings is 1. The SMILES string of the molecule is COc1ccc2sc(N(Cc3ccccn3)C(=O)c3nc4ccccc4s3)nc2c1. The predicted octanol–water partition coefficient (Wildman–Crippen LogP) is 5.16. The van der Waals surface area contributed by atoms with Gasteiger partial charge in [0.05, 0.1) is 39.8 Å². The van der Waals surface area contributed by atoms with Crippen LogP contribution in [0.3, 0.4) is 0 Å². The minimum absolute atomic E-state index is 0.187. The van der Waals surface area contributed by atoms with Crippen LogP contribution in [0.25, 0.3) is 20.4 Å². The molecule has 0 spiro atoms. The number of aromatic nitrogens is 3. The number of fused-ring (bicyclic) bond motifs is 2. The van der Waals surface area contributed by atoms with E-state index in [4.69, 9.17) is 9.72 Å². The summed E-state index contributed by atoms with van der Waals surface area (Å²) >= 11 is 2.85. The first-order valence-electron chi connectivity index (χ1n) is 9.23. The lowest BCUT2D eigenvalue weighted by Gasteiger charge is -2.18. The summed E-state index contributed by atoms with van der Waals surface area (Å²) in [5, 5.41) is 1.04. The Hall–Kier alpha value is -3.36. The molecule has 3 aromatic heterocycles. The molecule has 1 amide bonds. The number of thiazole rings is 2. The smallest absolute Gasteiger partial charge is 0.289 e. The highest BCUT2D eigenvalue weighted by Gasteiger charge is 2.25. The number of benzene rings is 2. The fraction of sp³-hybridized carbons (Fsp3) is 0.0909. The molecule has 0 bridgehead atoms. The lowest BCUT2D eigenvalue weighted by atomic mass is 10.3. The number of para-hydroxylation sites is 1. The molecule has 2 aromatic carbocycles. The second-order valence-electron chi connectivity index (χ2n) is 6.53. The number of carbonyl (C=O) groups is 1. The Morgan fingerprint density at radius 3 is 2.60 bits per heavy atom. The van der Waals surface area contributed by atoms with Crippen molar-refractivity contribution >= 4 is 54.1 Å². The van der Waals surface area contributed by atoms with Crippen LogP contribution in [0.5, 0.6) is 5.75 Å². The van der Waals surface area contributed by atoms with E-state index in [1.54, 1.807) is 18.2 Å². The second kappa shape index (κ2) is 7.81. The van der Waals surface area contributed by atoms with E-state index in [1.165, 1.54) is 22.7 Å². The van der Waals surface area contributed by atoms with Gasteiger partial charge in [0.1, 0.15) is 5.75 Å². The van der Waals surface area contributed by atoms with Crippen LogP contribution in [0.2, 0.25) is 0 Å². The molecule has 6 nitrogen and oxygen atoms in total. The van der Waals surface area contributed by atoms with Crippen LogP contribution in [0, 0.1) is 0 Å². The van der Waals surface area contributed by atoms with Gasteiger partial charge in [-0.15, -0.1) is 11.3 Å². The summed E-state index contributed by atoms with van der Waals surface area (Å²) in [7, 11) is 1.62. The normalized spacial score (nSPS) is 11.1. The van der Waals surface area contributed by atoms with Crippen LogP contribution in [-0.4, -0.2) is 28.0 Å². The first-order valence-corrected chi connectivity index (χ1v) is 10.9. The zero-order chi connectivity index (χ0) is 20.5. The molecule has 0 atom stereocenters. The van der Waals surface area contributed by atoms with Gasteiger partial charge in [0, 0.05) is 12.3 Å². The average molecular weight is 433 g/mol. The molecular formula is C22H16N4O2S2. The van der Waals surface area contributed by atoms with E-state index in [0.29, 0.717) is 16.7 Å². The van der Waals surface area contributed by atoms with Gasteiger partial charge in [-0.3, -0.25) is 14.7 Å². The maximum atomic E-state index is 13.5. The van der Waals surface area contributed by atoms with Gasteiger partial charge in [-0.1, -0.05) is 29.5 Å². The summed E-state index contributed by atoms with van der Waals surface area (Å²) < 4.78 is 7.26. The molecule has 8 heteroatoms. The Morgan fingerprint density at radius 1 is 0.967 bits per heavy atom. The van der Waals surface area contributed by atoms with Crippen LogP contribution in [-0.2, 0) is 6.54 Å². The van der Waals surface area contributed by atoms with Crippen molar-refractivity contribution in [3.8, 4) is 5.75 Å². The fourth-order valence-electron chi connectivity index (χ4n) is 3.10. The second-order valence-corrected chi connectivity index (χ2v) is 8.57. The summed E-state index contributed by atoms with van der Waals surface area (Å²) in [6, 6.07) is 19.1. The van der Waals surface area contributed by atoms with Crippen molar-refractivity contribution in [2.24, 2.45) is 0 Å². The highest BCUT2D eigenvalue weighted by atomic mass is 32.1. The number of nitrogens with zero attached hydrogens (tertiary/aromatic N) is 4. The van der Waals surface area contributed by atoms with Gasteiger partial charge in [-0.25, -0.2) is 9.97 Å². The van der Waals surface area contributed by atoms with Gasteiger partial charge in [0.25, 0.3) is 5.91 Å². The zero-order valence-corrected chi connectivity index (χ0v) is 17.6. The molecule has 0 N–H and O–H groups in total. The Morgan fingerprint density at radius 2 is 1.80 bits per heavy atom. The molecular weight excluding hydrogens is 416 g/mol. The molecule has 0 saturated heterocycles. The van der Waals surface area contributed by atoms with E-state index in [1.807, 2.05) is 60.7 Å². The molecule has 3 heterocycles. The van der Waals surface area contributed by atoms with Gasteiger partial charge in [-0.05, 0) is 36.4 Å². The maximum absolute atomic E-state index is 13.5. The van der Waals surface area contributed by atoms with Gasteiger partial charge >= 0.3 is 0 Å². The fourth-order valence-corrected chi connectivity index (χ4v) is 4.95. The standard InChI is InChI=1S/C22H16N4O2S2/c1-28-15-9-10-19-17(12-15)25-22(30-19)26(13-14-6-4-5-11-23-14)21(27)20-24-16-7-2-3-8-18(16)29-20/h2-12H,13H2,1H3. The average Bonchev–Trinajstić information content (AvgIpc) is 3.41. The number of hydrogen-bond acceptors (Lipinski definition) is 7. The quantitative estimate of drug-likeness (QED) is 0.384. The Bertz CT molecular complexity index is 1310. The third-order valence-corrected chi connectivity index (χ3v) is 6.67.